The van der Waals surface area contributed by atoms with Crippen LogP contribution in [-0.4, -0.2) is 21.0 Å². The highest BCUT2D eigenvalue weighted by Crippen LogP contribution is 2.12. The third kappa shape index (κ3) is 4.90. The van der Waals surface area contributed by atoms with Crippen LogP contribution < -0.4 is 0 Å². The molecule has 0 spiro atoms. The summed E-state index contributed by atoms with van der Waals surface area (Å²) in [6, 6.07) is 2.08. The van der Waals surface area contributed by atoms with E-state index in [0.717, 1.165) is 37.2 Å². The van der Waals surface area contributed by atoms with Crippen LogP contribution in [0.5, 0.6) is 0 Å². The van der Waals surface area contributed by atoms with Crippen molar-refractivity contribution in [2.45, 2.75) is 71.9 Å². The second-order valence-corrected chi connectivity index (χ2v) is 4.80. The minimum Gasteiger partial charge on any atom is -0.393 e. The van der Waals surface area contributed by atoms with Crippen LogP contribution in [0, 0.1) is 6.92 Å². The summed E-state index contributed by atoms with van der Waals surface area (Å²) in [6.07, 6.45) is 6.33. The van der Waals surface area contributed by atoms with Crippen molar-refractivity contribution in [2.24, 2.45) is 0 Å². The number of aryl methyl sites for hydroxylation is 2. The van der Waals surface area contributed by atoms with Gasteiger partial charge in [0.1, 0.15) is 0 Å². The van der Waals surface area contributed by atoms with E-state index in [1.807, 2.05) is 11.6 Å². The van der Waals surface area contributed by atoms with Crippen LogP contribution in [-0.2, 0) is 13.0 Å². The summed E-state index contributed by atoms with van der Waals surface area (Å²) in [6.45, 7) is 7.18. The van der Waals surface area contributed by atoms with Crippen LogP contribution >= 0.6 is 0 Å². The minimum atomic E-state index is -0.215. The maximum Gasteiger partial charge on any atom is 0.0596 e. The molecule has 0 radical (unpaired) electrons. The van der Waals surface area contributed by atoms with Gasteiger partial charge in [0.15, 0.2) is 0 Å². The predicted octanol–water partition coefficient (Wildman–Crippen LogP) is 3.09. The van der Waals surface area contributed by atoms with Crippen molar-refractivity contribution in [2.75, 3.05) is 0 Å². The zero-order valence-electron chi connectivity index (χ0n) is 11.4. The van der Waals surface area contributed by atoms with E-state index < -0.39 is 0 Å². The molecule has 1 N–H and O–H groups in total. The van der Waals surface area contributed by atoms with Gasteiger partial charge in [-0.25, -0.2) is 0 Å². The van der Waals surface area contributed by atoms with E-state index in [4.69, 9.17) is 0 Å². The first-order valence-corrected chi connectivity index (χ1v) is 6.88. The minimum absolute atomic E-state index is 0.215. The standard InChI is InChI=1S/C14H26N2O/c1-4-6-7-8-9-14(17)11-13-10-12(3)15-16(13)5-2/h10,14,17H,4-9,11H2,1-3H3. The normalized spacial score (nSPS) is 12.9. The van der Waals surface area contributed by atoms with Crippen molar-refractivity contribution in [3.05, 3.63) is 17.5 Å². The number of aliphatic hydroxyl groups excluding tert-OH is 1. The second kappa shape index (κ2) is 7.49. The fraction of sp³-hybridized carbons (Fsp3) is 0.786. The molecule has 0 aliphatic rings. The van der Waals surface area contributed by atoms with E-state index >= 15 is 0 Å². The van der Waals surface area contributed by atoms with Gasteiger partial charge in [-0.1, -0.05) is 32.6 Å². The number of rotatable bonds is 8. The van der Waals surface area contributed by atoms with Crippen LogP contribution in [0.15, 0.2) is 6.07 Å². The molecular weight excluding hydrogens is 212 g/mol. The number of nitrogens with zero attached hydrogens (tertiary/aromatic N) is 2. The Hall–Kier alpha value is -0.830. The fourth-order valence-corrected chi connectivity index (χ4v) is 2.19. The molecule has 1 rings (SSSR count). The molecule has 1 atom stereocenters. The molecule has 0 aromatic carbocycles. The van der Waals surface area contributed by atoms with Gasteiger partial charge in [-0.2, -0.15) is 5.10 Å². The van der Waals surface area contributed by atoms with Gasteiger partial charge in [-0.3, -0.25) is 4.68 Å². The van der Waals surface area contributed by atoms with E-state index in [1.54, 1.807) is 0 Å². The molecule has 1 aromatic rings. The van der Waals surface area contributed by atoms with E-state index in [0.29, 0.717) is 0 Å². The monoisotopic (exact) mass is 238 g/mol. The lowest BCUT2D eigenvalue weighted by molar-refractivity contribution is 0.158. The first kappa shape index (κ1) is 14.2. The van der Waals surface area contributed by atoms with Crippen LogP contribution in [0.2, 0.25) is 0 Å². The highest BCUT2D eigenvalue weighted by atomic mass is 16.3. The lowest BCUT2D eigenvalue weighted by Crippen LogP contribution is -2.14. The fourth-order valence-electron chi connectivity index (χ4n) is 2.19. The van der Waals surface area contributed by atoms with Gasteiger partial charge in [-0.15, -0.1) is 0 Å². The van der Waals surface area contributed by atoms with Crippen LogP contribution in [0.3, 0.4) is 0 Å². The third-order valence-corrected chi connectivity index (χ3v) is 3.12. The topological polar surface area (TPSA) is 38.1 Å². The Morgan fingerprint density at radius 1 is 1.29 bits per heavy atom. The van der Waals surface area contributed by atoms with Gasteiger partial charge in [0.2, 0.25) is 0 Å². The van der Waals surface area contributed by atoms with E-state index in [-0.39, 0.29) is 6.10 Å². The summed E-state index contributed by atoms with van der Waals surface area (Å²) in [4.78, 5) is 0. The summed E-state index contributed by atoms with van der Waals surface area (Å²) in [7, 11) is 0. The molecule has 0 saturated carbocycles. The van der Waals surface area contributed by atoms with E-state index in [2.05, 4.69) is 25.0 Å². The first-order chi connectivity index (χ1) is 8.17. The second-order valence-electron chi connectivity index (χ2n) is 4.80. The van der Waals surface area contributed by atoms with Crippen LogP contribution in [0.25, 0.3) is 0 Å². The molecule has 3 heteroatoms. The number of aliphatic hydroxyl groups is 1. The average Bonchev–Trinajstić information content (AvgIpc) is 2.65. The van der Waals surface area contributed by atoms with Gasteiger partial charge < -0.3 is 5.11 Å². The molecule has 1 aromatic heterocycles. The van der Waals surface area contributed by atoms with Crippen molar-refractivity contribution in [3.63, 3.8) is 0 Å². The Bertz CT molecular complexity index is 320. The molecule has 0 bridgehead atoms. The van der Waals surface area contributed by atoms with Gasteiger partial charge in [0.05, 0.1) is 11.8 Å². The summed E-state index contributed by atoms with van der Waals surface area (Å²) < 4.78 is 1.99. The maximum absolute atomic E-state index is 9.99. The highest BCUT2D eigenvalue weighted by molar-refractivity contribution is 5.09. The van der Waals surface area contributed by atoms with Crippen LogP contribution in [0.4, 0.5) is 0 Å². The third-order valence-electron chi connectivity index (χ3n) is 3.12. The van der Waals surface area contributed by atoms with Gasteiger partial charge in [-0.05, 0) is 26.3 Å². The number of hydrogen-bond donors (Lipinski definition) is 1. The van der Waals surface area contributed by atoms with Gasteiger partial charge in [0.25, 0.3) is 0 Å². The van der Waals surface area contributed by atoms with Gasteiger partial charge in [0, 0.05) is 18.7 Å². The van der Waals surface area contributed by atoms with Crippen molar-refractivity contribution >= 4 is 0 Å². The zero-order valence-corrected chi connectivity index (χ0v) is 11.4. The molecular formula is C14H26N2O. The van der Waals surface area contributed by atoms with Crippen molar-refractivity contribution < 1.29 is 5.11 Å². The smallest absolute Gasteiger partial charge is 0.0596 e. The Morgan fingerprint density at radius 2 is 2.06 bits per heavy atom. The molecule has 0 fully saturated rings. The van der Waals surface area contributed by atoms with Crippen molar-refractivity contribution in [1.29, 1.82) is 0 Å². The summed E-state index contributed by atoms with van der Waals surface area (Å²) in [5.74, 6) is 0. The highest BCUT2D eigenvalue weighted by Gasteiger charge is 2.10. The summed E-state index contributed by atoms with van der Waals surface area (Å²) >= 11 is 0. The molecule has 98 valence electrons. The number of aromatic nitrogens is 2. The zero-order chi connectivity index (χ0) is 12.7. The largest absolute Gasteiger partial charge is 0.393 e. The molecule has 0 amide bonds. The number of hydrogen-bond acceptors (Lipinski definition) is 2. The molecule has 17 heavy (non-hydrogen) atoms. The SMILES string of the molecule is CCCCCCC(O)Cc1cc(C)nn1CC. The molecule has 0 saturated heterocycles. The molecule has 1 heterocycles. The van der Waals surface area contributed by atoms with Crippen molar-refractivity contribution in [3.8, 4) is 0 Å². The lowest BCUT2D eigenvalue weighted by atomic mass is 10.1. The average molecular weight is 238 g/mol. The van der Waals surface area contributed by atoms with Crippen LogP contribution in [0.1, 0.15) is 57.3 Å². The molecule has 1 unspecified atom stereocenters. The Morgan fingerprint density at radius 3 is 2.71 bits per heavy atom. The molecule has 0 aliphatic carbocycles. The molecule has 0 aliphatic heterocycles. The van der Waals surface area contributed by atoms with Gasteiger partial charge >= 0.3 is 0 Å². The summed E-state index contributed by atoms with van der Waals surface area (Å²) in [5.41, 5.74) is 2.20. The van der Waals surface area contributed by atoms with E-state index in [9.17, 15) is 5.11 Å². The Labute approximate surface area is 105 Å². The first-order valence-electron chi connectivity index (χ1n) is 6.88. The molecule has 3 nitrogen and oxygen atoms in total. The predicted molar refractivity (Wildman–Crippen MR) is 71.1 cm³/mol. The lowest BCUT2D eigenvalue weighted by Gasteiger charge is -2.11. The number of unbranched alkanes of at least 4 members (excludes halogenated alkanes) is 3. The van der Waals surface area contributed by atoms with Crippen molar-refractivity contribution in [1.82, 2.24) is 9.78 Å². The Balaban J connectivity index is 2.36. The van der Waals surface area contributed by atoms with E-state index in [1.165, 1.54) is 19.3 Å². The quantitative estimate of drug-likeness (QED) is 0.707. The maximum atomic E-state index is 9.99. The Kier molecular flexibility index (Phi) is 6.27. The summed E-state index contributed by atoms with van der Waals surface area (Å²) in [5, 5.41) is 14.4.